The van der Waals surface area contributed by atoms with Gasteiger partial charge in [-0.15, -0.1) is 0 Å². The highest BCUT2D eigenvalue weighted by Crippen LogP contribution is 2.26. The maximum atomic E-state index is 11.7. The molecule has 1 aromatic heterocycles. The molecule has 0 fully saturated rings. The van der Waals surface area contributed by atoms with E-state index in [1.807, 2.05) is 19.1 Å². The number of benzene rings is 1. The van der Waals surface area contributed by atoms with E-state index in [2.05, 4.69) is 16.4 Å². The Morgan fingerprint density at radius 2 is 2.04 bits per heavy atom. The molecular weight excluding hydrogens is 330 g/mol. The van der Waals surface area contributed by atoms with Crippen LogP contribution in [-0.2, 0) is 4.79 Å². The van der Waals surface area contributed by atoms with Gasteiger partial charge in [-0.1, -0.05) is 42.4 Å². The van der Waals surface area contributed by atoms with Gasteiger partial charge in [0.15, 0.2) is 0 Å². The Bertz CT molecular complexity index is 726. The third-order valence-electron chi connectivity index (χ3n) is 3.03. The molecule has 2 aromatic rings. The minimum Gasteiger partial charge on any atom is -0.355 e. The van der Waals surface area contributed by atoms with E-state index in [9.17, 15) is 10.1 Å². The van der Waals surface area contributed by atoms with Crippen LogP contribution in [0.3, 0.4) is 0 Å². The molecule has 4 nitrogen and oxygen atoms in total. The fourth-order valence-electron chi connectivity index (χ4n) is 1.87. The number of hydrogen-bond donors (Lipinski definition) is 1. The number of nitrogens with zero attached hydrogens (tertiary/aromatic N) is 2. The SMILES string of the molecule is CCCNC(=O)CSc1nc(-c2ccc(Cl)cc2)ccc1C#N. The maximum Gasteiger partial charge on any atom is 0.230 e. The molecule has 0 spiro atoms. The second-order valence-corrected chi connectivity index (χ2v) is 6.21. The average Bonchev–Trinajstić information content (AvgIpc) is 2.58. The Morgan fingerprint density at radius 3 is 2.70 bits per heavy atom. The van der Waals surface area contributed by atoms with Crippen LogP contribution in [0.1, 0.15) is 18.9 Å². The number of rotatable bonds is 6. The van der Waals surface area contributed by atoms with E-state index in [1.54, 1.807) is 24.3 Å². The van der Waals surface area contributed by atoms with Gasteiger partial charge in [0.25, 0.3) is 0 Å². The number of aromatic nitrogens is 1. The van der Waals surface area contributed by atoms with Gasteiger partial charge < -0.3 is 5.32 Å². The summed E-state index contributed by atoms with van der Waals surface area (Å²) in [6.45, 7) is 2.65. The molecule has 118 valence electrons. The molecular formula is C17H16ClN3OS. The van der Waals surface area contributed by atoms with Crippen molar-refractivity contribution in [3.63, 3.8) is 0 Å². The molecule has 0 saturated heterocycles. The van der Waals surface area contributed by atoms with Gasteiger partial charge >= 0.3 is 0 Å². The third-order valence-corrected chi connectivity index (χ3v) is 4.28. The van der Waals surface area contributed by atoms with E-state index in [-0.39, 0.29) is 11.7 Å². The Kier molecular flexibility index (Phi) is 6.45. The molecule has 1 amide bonds. The summed E-state index contributed by atoms with van der Waals surface area (Å²) in [5.74, 6) is 0.186. The fourth-order valence-corrected chi connectivity index (χ4v) is 2.79. The van der Waals surface area contributed by atoms with Crippen molar-refractivity contribution in [3.8, 4) is 17.3 Å². The molecule has 0 bridgehead atoms. The van der Waals surface area contributed by atoms with E-state index >= 15 is 0 Å². The molecule has 0 radical (unpaired) electrons. The first-order valence-corrected chi connectivity index (χ1v) is 8.57. The van der Waals surface area contributed by atoms with Gasteiger partial charge in [0.05, 0.1) is 17.0 Å². The van der Waals surface area contributed by atoms with Crippen LogP contribution in [0.25, 0.3) is 11.3 Å². The minimum absolute atomic E-state index is 0.0561. The van der Waals surface area contributed by atoms with Crippen LogP contribution in [-0.4, -0.2) is 23.2 Å². The summed E-state index contributed by atoms with van der Waals surface area (Å²) in [5, 5.41) is 13.2. The molecule has 0 unspecified atom stereocenters. The molecule has 0 atom stereocenters. The van der Waals surface area contributed by atoms with E-state index in [0.29, 0.717) is 22.2 Å². The molecule has 1 aromatic carbocycles. The lowest BCUT2D eigenvalue weighted by Crippen LogP contribution is -2.25. The smallest absolute Gasteiger partial charge is 0.230 e. The normalized spacial score (nSPS) is 10.1. The van der Waals surface area contributed by atoms with Crippen LogP contribution in [0.4, 0.5) is 0 Å². The van der Waals surface area contributed by atoms with Gasteiger partial charge in [-0.3, -0.25) is 4.79 Å². The van der Waals surface area contributed by atoms with Gasteiger partial charge in [-0.05, 0) is 30.7 Å². The van der Waals surface area contributed by atoms with Crippen molar-refractivity contribution in [2.24, 2.45) is 0 Å². The van der Waals surface area contributed by atoms with Crippen LogP contribution in [0.2, 0.25) is 5.02 Å². The topological polar surface area (TPSA) is 65.8 Å². The highest BCUT2D eigenvalue weighted by molar-refractivity contribution is 8.00. The Labute approximate surface area is 144 Å². The Balaban J connectivity index is 2.17. The van der Waals surface area contributed by atoms with Gasteiger partial charge in [0, 0.05) is 17.1 Å². The summed E-state index contributed by atoms with van der Waals surface area (Å²) in [6, 6.07) is 13.0. The lowest BCUT2D eigenvalue weighted by Gasteiger charge is -2.07. The zero-order valence-electron chi connectivity index (χ0n) is 12.7. The number of thioether (sulfide) groups is 1. The van der Waals surface area contributed by atoms with Crippen LogP contribution >= 0.6 is 23.4 Å². The number of nitrogens with one attached hydrogen (secondary N) is 1. The average molecular weight is 346 g/mol. The van der Waals surface area contributed by atoms with Crippen molar-refractivity contribution in [3.05, 3.63) is 47.0 Å². The van der Waals surface area contributed by atoms with Crippen molar-refractivity contribution in [2.45, 2.75) is 18.4 Å². The van der Waals surface area contributed by atoms with Crippen LogP contribution in [0.5, 0.6) is 0 Å². The number of nitriles is 1. The predicted octanol–water partition coefficient (Wildman–Crippen LogP) is 3.89. The fraction of sp³-hybridized carbons (Fsp3) is 0.235. The van der Waals surface area contributed by atoms with Crippen LogP contribution < -0.4 is 5.32 Å². The zero-order valence-corrected chi connectivity index (χ0v) is 14.2. The molecule has 0 aliphatic rings. The second kappa shape index (κ2) is 8.56. The van der Waals surface area contributed by atoms with Crippen molar-refractivity contribution in [2.75, 3.05) is 12.3 Å². The summed E-state index contributed by atoms with van der Waals surface area (Å²) in [6.07, 6.45) is 0.893. The highest BCUT2D eigenvalue weighted by Gasteiger charge is 2.10. The first-order chi connectivity index (χ1) is 11.1. The molecule has 0 aliphatic heterocycles. The summed E-state index contributed by atoms with van der Waals surface area (Å²) in [7, 11) is 0. The minimum atomic E-state index is -0.0561. The van der Waals surface area contributed by atoms with Gasteiger partial charge in [0.1, 0.15) is 11.1 Å². The molecule has 1 heterocycles. The quantitative estimate of drug-likeness (QED) is 0.806. The molecule has 1 N–H and O–H groups in total. The van der Waals surface area contributed by atoms with Crippen molar-refractivity contribution in [1.82, 2.24) is 10.3 Å². The largest absolute Gasteiger partial charge is 0.355 e. The van der Waals surface area contributed by atoms with Crippen LogP contribution in [0, 0.1) is 11.3 Å². The first-order valence-electron chi connectivity index (χ1n) is 7.20. The maximum absolute atomic E-state index is 11.7. The predicted molar refractivity (Wildman–Crippen MR) is 93.4 cm³/mol. The highest BCUT2D eigenvalue weighted by atomic mass is 35.5. The van der Waals surface area contributed by atoms with Crippen molar-refractivity contribution < 1.29 is 4.79 Å². The number of pyridine rings is 1. The number of carbonyl (C=O) groups excluding carboxylic acids is 1. The lowest BCUT2D eigenvalue weighted by molar-refractivity contribution is -0.118. The summed E-state index contributed by atoms with van der Waals surface area (Å²) < 4.78 is 0. The van der Waals surface area contributed by atoms with Crippen LogP contribution in [0.15, 0.2) is 41.4 Å². The molecule has 0 aliphatic carbocycles. The standard InChI is InChI=1S/C17H16ClN3OS/c1-2-9-20-16(22)11-23-17-13(10-19)5-8-15(21-17)12-3-6-14(18)7-4-12/h3-8H,2,9,11H2,1H3,(H,20,22). The molecule has 0 saturated carbocycles. The molecule has 6 heteroatoms. The monoisotopic (exact) mass is 345 g/mol. The van der Waals surface area contributed by atoms with Gasteiger partial charge in [0.2, 0.25) is 5.91 Å². The van der Waals surface area contributed by atoms with E-state index in [1.165, 1.54) is 11.8 Å². The molecule has 2 rings (SSSR count). The summed E-state index contributed by atoms with van der Waals surface area (Å²) in [4.78, 5) is 16.2. The number of carbonyl (C=O) groups is 1. The van der Waals surface area contributed by atoms with E-state index < -0.39 is 0 Å². The Hall–Kier alpha value is -2.03. The summed E-state index contributed by atoms with van der Waals surface area (Å²) >= 11 is 7.16. The number of halogens is 1. The zero-order chi connectivity index (χ0) is 16.7. The van der Waals surface area contributed by atoms with Crippen molar-refractivity contribution >= 4 is 29.3 Å². The Morgan fingerprint density at radius 1 is 1.30 bits per heavy atom. The summed E-state index contributed by atoms with van der Waals surface area (Å²) in [5.41, 5.74) is 2.13. The first kappa shape index (κ1) is 17.3. The number of amides is 1. The van der Waals surface area contributed by atoms with E-state index in [0.717, 1.165) is 17.7 Å². The van der Waals surface area contributed by atoms with E-state index in [4.69, 9.17) is 11.6 Å². The number of hydrogen-bond acceptors (Lipinski definition) is 4. The second-order valence-electron chi connectivity index (χ2n) is 4.81. The lowest BCUT2D eigenvalue weighted by atomic mass is 10.1. The van der Waals surface area contributed by atoms with Gasteiger partial charge in [-0.25, -0.2) is 4.98 Å². The van der Waals surface area contributed by atoms with Gasteiger partial charge in [-0.2, -0.15) is 5.26 Å². The molecule has 23 heavy (non-hydrogen) atoms. The third kappa shape index (κ3) is 4.98. The van der Waals surface area contributed by atoms with Crippen molar-refractivity contribution in [1.29, 1.82) is 5.26 Å².